The maximum Gasteiger partial charge on any atom is 0.404 e. The number of carbonyl (C=O) groups excluding carboxylic acids is 3. The first-order valence-corrected chi connectivity index (χ1v) is 3.75. The molecule has 0 saturated carbocycles. The molecule has 0 atom stereocenters. The van der Waals surface area contributed by atoms with Gasteiger partial charge in [0.2, 0.25) is 12.2 Å². The number of nitrogens with one attached hydrogen (secondary N) is 2. The van der Waals surface area contributed by atoms with Crippen LogP contribution in [0.1, 0.15) is 6.92 Å². The van der Waals surface area contributed by atoms with E-state index in [-0.39, 0.29) is 0 Å². The van der Waals surface area contributed by atoms with E-state index < -0.39 is 6.09 Å². The molecule has 0 aromatic rings. The van der Waals surface area contributed by atoms with Crippen LogP contribution in [0.25, 0.3) is 0 Å². The molecule has 0 bridgehead atoms. The Morgan fingerprint density at radius 1 is 1.31 bits per heavy atom. The first-order valence-electron chi connectivity index (χ1n) is 3.75. The molecule has 0 aromatic carbocycles. The van der Waals surface area contributed by atoms with Crippen LogP contribution in [-0.2, 0) is 14.3 Å². The van der Waals surface area contributed by atoms with E-state index in [1.807, 2.05) is 0 Å². The Labute approximate surface area is 93.6 Å². The number of allylic oxidation sites excluding steroid dienone is 2. The van der Waals surface area contributed by atoms with Gasteiger partial charge in [0.1, 0.15) is 0 Å². The highest BCUT2D eigenvalue weighted by atomic mass is 16.5. The number of nitrogens with two attached hydrogens (primary N) is 1. The average molecular weight is 229 g/mol. The van der Waals surface area contributed by atoms with Crippen molar-refractivity contribution in [1.82, 2.24) is 0 Å². The van der Waals surface area contributed by atoms with Crippen LogP contribution in [0.3, 0.4) is 0 Å². The van der Waals surface area contributed by atoms with Gasteiger partial charge in [0.15, 0.2) is 0 Å². The summed E-state index contributed by atoms with van der Waals surface area (Å²) in [6, 6.07) is 0. The highest BCUT2D eigenvalue weighted by Gasteiger charge is 1.82. The van der Waals surface area contributed by atoms with E-state index in [0.717, 1.165) is 12.2 Å². The largest absolute Gasteiger partial charge is 0.450 e. The molecule has 16 heavy (non-hydrogen) atoms. The van der Waals surface area contributed by atoms with Gasteiger partial charge in [-0.05, 0) is 6.92 Å². The molecule has 0 aliphatic carbocycles. The Morgan fingerprint density at radius 3 is 1.56 bits per heavy atom. The quantitative estimate of drug-likeness (QED) is 0.373. The number of hydrogen-bond donors (Lipinski definition) is 3. The topological polar surface area (TPSA) is 134 Å². The Bertz CT molecular complexity index is 221. The maximum absolute atomic E-state index is 9.60. The summed E-state index contributed by atoms with van der Waals surface area (Å²) < 4.78 is 4.18. The van der Waals surface area contributed by atoms with Gasteiger partial charge in [-0.3, -0.25) is 0 Å². The molecule has 0 heterocycles. The number of carbonyl (C=O) groups is 1. The molecule has 0 unspecified atom stereocenters. The Morgan fingerprint density at radius 2 is 1.56 bits per heavy atom. The standard InChI is InChI=1S/C4H6.C3H7NO2.2CHNO/c1-3-4-2;1-2-6-3(4)5;2*2-1-3/h3-4H,1-2H2;2H2,1H3,(H2,4,5);2*2H. The lowest BCUT2D eigenvalue weighted by Crippen LogP contribution is -2.11. The second kappa shape index (κ2) is 39.1. The molecule has 1 amide bonds. The van der Waals surface area contributed by atoms with Crippen molar-refractivity contribution in [2.75, 3.05) is 6.61 Å². The van der Waals surface area contributed by atoms with Crippen molar-refractivity contribution >= 4 is 18.3 Å². The lowest BCUT2D eigenvalue weighted by atomic mass is 10.6. The molecular weight excluding hydrogens is 214 g/mol. The highest BCUT2D eigenvalue weighted by molar-refractivity contribution is 5.64. The van der Waals surface area contributed by atoms with Crippen LogP contribution in [0.2, 0.25) is 0 Å². The number of primary amides is 1. The second-order valence-corrected chi connectivity index (χ2v) is 1.43. The summed E-state index contributed by atoms with van der Waals surface area (Å²) in [4.78, 5) is 26.3. The third kappa shape index (κ3) is 558. The molecule has 4 N–H and O–H groups in total. The van der Waals surface area contributed by atoms with Crippen LogP contribution in [-0.4, -0.2) is 24.9 Å². The van der Waals surface area contributed by atoms with E-state index in [1.54, 1.807) is 19.1 Å². The molecule has 0 saturated heterocycles. The average Bonchev–Trinajstić information content (AvgIpc) is 2.20. The van der Waals surface area contributed by atoms with Crippen molar-refractivity contribution in [3.8, 4) is 0 Å². The van der Waals surface area contributed by atoms with Gasteiger partial charge < -0.3 is 10.5 Å². The van der Waals surface area contributed by atoms with Gasteiger partial charge in [-0.25, -0.2) is 25.2 Å². The normalized spacial score (nSPS) is 5.06. The molecule has 0 rings (SSSR count). The smallest absolute Gasteiger partial charge is 0.404 e. The first-order chi connectivity index (χ1) is 7.51. The van der Waals surface area contributed by atoms with Crippen LogP contribution in [0, 0.1) is 10.8 Å². The molecular formula is C9H15N3O4. The fourth-order valence-electron chi connectivity index (χ4n) is 0.142. The third-order valence-electron chi connectivity index (χ3n) is 0.453. The number of isocyanates is 2. The predicted octanol–water partition coefficient (Wildman–Crippen LogP) is 1.26. The summed E-state index contributed by atoms with van der Waals surface area (Å²) in [5.41, 5.74) is 4.54. The van der Waals surface area contributed by atoms with E-state index >= 15 is 0 Å². The highest BCUT2D eigenvalue weighted by Crippen LogP contribution is 1.66. The fourth-order valence-corrected chi connectivity index (χ4v) is 0.142. The van der Waals surface area contributed by atoms with Crippen molar-refractivity contribution in [3.63, 3.8) is 0 Å². The molecule has 0 radical (unpaired) electrons. The van der Waals surface area contributed by atoms with Gasteiger partial charge in [-0.1, -0.05) is 25.3 Å². The van der Waals surface area contributed by atoms with E-state index in [9.17, 15) is 4.79 Å². The Hall–Kier alpha value is -2.49. The second-order valence-electron chi connectivity index (χ2n) is 1.43. The van der Waals surface area contributed by atoms with E-state index in [0.29, 0.717) is 6.61 Å². The van der Waals surface area contributed by atoms with Gasteiger partial charge in [0.05, 0.1) is 6.61 Å². The van der Waals surface area contributed by atoms with Crippen molar-refractivity contribution < 1.29 is 19.1 Å². The zero-order valence-electron chi connectivity index (χ0n) is 8.99. The van der Waals surface area contributed by atoms with Crippen molar-refractivity contribution in [1.29, 1.82) is 10.8 Å². The molecule has 0 fully saturated rings. The summed E-state index contributed by atoms with van der Waals surface area (Å²) >= 11 is 0. The van der Waals surface area contributed by atoms with Crippen molar-refractivity contribution in [2.45, 2.75) is 6.92 Å². The monoisotopic (exact) mass is 229 g/mol. The molecule has 0 aliphatic heterocycles. The van der Waals surface area contributed by atoms with Crippen molar-refractivity contribution in [2.24, 2.45) is 5.73 Å². The summed E-state index contributed by atoms with van der Waals surface area (Å²) in [6.45, 7) is 8.78. The third-order valence-corrected chi connectivity index (χ3v) is 0.453. The van der Waals surface area contributed by atoms with Crippen LogP contribution in [0.15, 0.2) is 25.3 Å². The summed E-state index contributed by atoms with van der Waals surface area (Å²) in [6.07, 6.45) is 4.07. The van der Waals surface area contributed by atoms with Crippen LogP contribution < -0.4 is 5.73 Å². The number of amides is 1. The van der Waals surface area contributed by atoms with Gasteiger partial charge >= 0.3 is 6.09 Å². The lowest BCUT2D eigenvalue weighted by molar-refractivity contribution is 0.163. The molecule has 90 valence electrons. The van der Waals surface area contributed by atoms with E-state index in [2.05, 4.69) is 23.6 Å². The maximum atomic E-state index is 9.60. The summed E-state index contributed by atoms with van der Waals surface area (Å²) in [7, 11) is 0. The SMILES string of the molecule is C=CC=C.CCOC(N)=O.N=C=O.N=C=O. The van der Waals surface area contributed by atoms with Crippen LogP contribution >= 0.6 is 0 Å². The van der Waals surface area contributed by atoms with Gasteiger partial charge in [0.25, 0.3) is 0 Å². The minimum absolute atomic E-state index is 0.356. The van der Waals surface area contributed by atoms with E-state index in [1.165, 1.54) is 0 Å². The fraction of sp³-hybridized carbons (Fsp3) is 0.222. The first kappa shape index (κ1) is 23.4. The number of hydrogen-bond acceptors (Lipinski definition) is 6. The van der Waals surface area contributed by atoms with Gasteiger partial charge in [-0.15, -0.1) is 0 Å². The predicted molar refractivity (Wildman–Crippen MR) is 58.4 cm³/mol. The Kier molecular flexibility index (Phi) is 57.1. The zero-order valence-corrected chi connectivity index (χ0v) is 8.99. The summed E-state index contributed by atoms with van der Waals surface area (Å²) in [5, 5.41) is 10.8. The zero-order chi connectivity index (χ0) is 13.8. The molecule has 0 spiro atoms. The molecule has 7 heteroatoms. The Balaban J connectivity index is -0.0000000635. The molecule has 7 nitrogen and oxygen atoms in total. The number of rotatable bonds is 2. The van der Waals surface area contributed by atoms with E-state index in [4.69, 9.17) is 20.4 Å². The number of ether oxygens (including phenoxy) is 1. The minimum atomic E-state index is -0.711. The van der Waals surface area contributed by atoms with Gasteiger partial charge in [-0.2, -0.15) is 0 Å². The molecule has 0 aromatic heterocycles. The molecule has 0 aliphatic rings. The van der Waals surface area contributed by atoms with Crippen LogP contribution in [0.5, 0.6) is 0 Å². The lowest BCUT2D eigenvalue weighted by Gasteiger charge is -1.89. The minimum Gasteiger partial charge on any atom is -0.450 e. The summed E-state index contributed by atoms with van der Waals surface area (Å²) in [5.74, 6) is 0. The van der Waals surface area contributed by atoms with Crippen LogP contribution in [0.4, 0.5) is 4.79 Å². The van der Waals surface area contributed by atoms with Gasteiger partial charge in [0, 0.05) is 0 Å². The van der Waals surface area contributed by atoms with Crippen molar-refractivity contribution in [3.05, 3.63) is 25.3 Å².